The van der Waals surface area contributed by atoms with Crippen molar-refractivity contribution in [2.75, 3.05) is 24.7 Å². The average molecular weight is 367 g/mol. The second-order valence-electron chi connectivity index (χ2n) is 3.81. The van der Waals surface area contributed by atoms with Crippen LogP contribution in [0.15, 0.2) is 25.1 Å². The summed E-state index contributed by atoms with van der Waals surface area (Å²) in [6.45, 7) is 0.536. The fourth-order valence-electron chi connectivity index (χ4n) is 1.42. The number of hydrogen-bond donors (Lipinski definition) is 2. The van der Waals surface area contributed by atoms with Gasteiger partial charge in [-0.2, -0.15) is 0 Å². The normalized spacial score (nSPS) is 11.9. The Morgan fingerprint density at radius 1 is 1.42 bits per heavy atom. The molecule has 0 saturated carbocycles. The van der Waals surface area contributed by atoms with Crippen LogP contribution in [0.4, 0.5) is 5.88 Å². The average Bonchev–Trinajstić information content (AvgIpc) is 2.66. The van der Waals surface area contributed by atoms with E-state index in [2.05, 4.69) is 26.0 Å². The highest BCUT2D eigenvalue weighted by Gasteiger charge is 2.09. The highest BCUT2D eigenvalue weighted by molar-refractivity contribution is 9.10. The molecule has 6 nitrogen and oxygen atoms in total. The molecule has 2 rings (SSSR count). The lowest BCUT2D eigenvalue weighted by atomic mass is 10.4. The topological polar surface area (TPSA) is 88.4 Å². The largest absolute Gasteiger partial charge is 0.438 e. The molecule has 0 saturated heterocycles. The first-order valence-corrected chi connectivity index (χ1v) is 8.82. The van der Waals surface area contributed by atoms with Gasteiger partial charge in [0.2, 0.25) is 15.5 Å². The lowest BCUT2D eigenvalue weighted by Crippen LogP contribution is -2.27. The monoisotopic (exact) mass is 366 g/mol. The maximum Gasteiger partial charge on any atom is 0.208 e. The summed E-state index contributed by atoms with van der Waals surface area (Å²) >= 11 is 4.61. The first kappa shape index (κ1) is 14.5. The molecule has 0 aromatic carbocycles. The van der Waals surface area contributed by atoms with Gasteiger partial charge in [-0.05, 0) is 15.9 Å². The summed E-state index contributed by atoms with van der Waals surface area (Å²) in [6.07, 6.45) is 1.08. The summed E-state index contributed by atoms with van der Waals surface area (Å²) in [6, 6.07) is 1.35. The van der Waals surface area contributed by atoms with Gasteiger partial charge in [0.05, 0.1) is 10.7 Å². The van der Waals surface area contributed by atoms with Crippen molar-refractivity contribution in [3.8, 4) is 0 Å². The van der Waals surface area contributed by atoms with Crippen LogP contribution in [0.2, 0.25) is 0 Å². The van der Waals surface area contributed by atoms with Crippen LogP contribution < -0.4 is 15.5 Å². The van der Waals surface area contributed by atoms with Crippen LogP contribution in [-0.2, 0) is 10.0 Å². The second-order valence-corrected chi connectivity index (χ2v) is 7.38. The number of rotatable bonds is 5. The Morgan fingerprint density at radius 3 is 2.84 bits per heavy atom. The Kier molecular flexibility index (Phi) is 4.29. The van der Waals surface area contributed by atoms with E-state index in [0.29, 0.717) is 22.7 Å². The SMILES string of the molecule is CS(=O)(=O)NCCNc1cc(=O)c2scc(Br)c2o1. The van der Waals surface area contributed by atoms with E-state index < -0.39 is 10.0 Å². The minimum Gasteiger partial charge on any atom is -0.438 e. The van der Waals surface area contributed by atoms with Crippen molar-refractivity contribution in [2.24, 2.45) is 0 Å². The summed E-state index contributed by atoms with van der Waals surface area (Å²) in [7, 11) is -3.21. The van der Waals surface area contributed by atoms with E-state index in [1.165, 1.54) is 17.4 Å². The highest BCUT2D eigenvalue weighted by Crippen LogP contribution is 2.29. The van der Waals surface area contributed by atoms with Crippen molar-refractivity contribution in [1.82, 2.24) is 4.72 Å². The highest BCUT2D eigenvalue weighted by atomic mass is 79.9. The van der Waals surface area contributed by atoms with E-state index in [0.717, 1.165) is 10.7 Å². The van der Waals surface area contributed by atoms with Gasteiger partial charge in [0.15, 0.2) is 11.5 Å². The molecule has 2 aromatic rings. The second kappa shape index (κ2) is 5.61. The Morgan fingerprint density at radius 2 is 2.16 bits per heavy atom. The number of fused-ring (bicyclic) bond motifs is 1. The molecule has 0 fully saturated rings. The molecular weight excluding hydrogens is 356 g/mol. The molecule has 2 heterocycles. The third kappa shape index (κ3) is 3.78. The van der Waals surface area contributed by atoms with Crippen molar-refractivity contribution in [1.29, 1.82) is 0 Å². The van der Waals surface area contributed by atoms with E-state index in [-0.39, 0.29) is 12.0 Å². The molecule has 9 heteroatoms. The van der Waals surface area contributed by atoms with Crippen molar-refractivity contribution >= 4 is 53.5 Å². The van der Waals surface area contributed by atoms with Gasteiger partial charge in [-0.15, -0.1) is 11.3 Å². The van der Waals surface area contributed by atoms with Crippen LogP contribution >= 0.6 is 27.3 Å². The van der Waals surface area contributed by atoms with E-state index in [1.54, 1.807) is 5.38 Å². The van der Waals surface area contributed by atoms with Gasteiger partial charge in [-0.1, -0.05) is 0 Å². The predicted octanol–water partition coefficient (Wildman–Crippen LogP) is 1.58. The molecule has 0 unspecified atom stereocenters. The first-order valence-electron chi connectivity index (χ1n) is 5.26. The molecule has 0 amide bonds. The van der Waals surface area contributed by atoms with Crippen LogP contribution in [0.25, 0.3) is 10.3 Å². The minimum absolute atomic E-state index is 0.129. The van der Waals surface area contributed by atoms with Crippen LogP contribution in [0.1, 0.15) is 0 Å². The first-order chi connectivity index (χ1) is 8.87. The van der Waals surface area contributed by atoms with Crippen molar-refractivity contribution in [3.05, 3.63) is 26.1 Å². The van der Waals surface area contributed by atoms with Crippen molar-refractivity contribution in [2.45, 2.75) is 0 Å². The van der Waals surface area contributed by atoms with Gasteiger partial charge in [-0.3, -0.25) is 4.79 Å². The molecular formula is C10H11BrN2O4S2. The van der Waals surface area contributed by atoms with Crippen molar-refractivity contribution < 1.29 is 12.8 Å². The molecule has 0 spiro atoms. The third-order valence-electron chi connectivity index (χ3n) is 2.19. The summed E-state index contributed by atoms with van der Waals surface area (Å²) in [5.74, 6) is 0.312. The lowest BCUT2D eigenvalue weighted by Gasteiger charge is -2.05. The summed E-state index contributed by atoms with van der Waals surface area (Å²) < 4.78 is 30.9. The number of anilines is 1. The van der Waals surface area contributed by atoms with E-state index in [4.69, 9.17) is 4.42 Å². The minimum atomic E-state index is -3.21. The zero-order chi connectivity index (χ0) is 14.0. The van der Waals surface area contributed by atoms with Gasteiger partial charge in [0.1, 0.15) is 4.70 Å². The fourth-order valence-corrected chi connectivity index (χ4v) is 3.35. The molecule has 19 heavy (non-hydrogen) atoms. The summed E-state index contributed by atoms with van der Waals surface area (Å²) in [4.78, 5) is 11.8. The molecule has 0 aliphatic rings. The molecule has 2 aromatic heterocycles. The van der Waals surface area contributed by atoms with Crippen LogP contribution in [-0.4, -0.2) is 27.8 Å². The van der Waals surface area contributed by atoms with E-state index in [1.807, 2.05) is 0 Å². The van der Waals surface area contributed by atoms with Crippen LogP contribution in [0.3, 0.4) is 0 Å². The Balaban J connectivity index is 2.09. The molecule has 0 aliphatic carbocycles. The lowest BCUT2D eigenvalue weighted by molar-refractivity contribution is 0.586. The zero-order valence-corrected chi connectivity index (χ0v) is 13.1. The Labute approximate surface area is 122 Å². The maximum atomic E-state index is 11.8. The van der Waals surface area contributed by atoms with Gasteiger partial charge in [0, 0.05) is 24.5 Å². The van der Waals surface area contributed by atoms with Gasteiger partial charge in [0.25, 0.3) is 0 Å². The van der Waals surface area contributed by atoms with Crippen LogP contribution in [0, 0.1) is 0 Å². The number of sulfonamides is 1. The quantitative estimate of drug-likeness (QED) is 0.784. The Hall–Kier alpha value is -0.900. The van der Waals surface area contributed by atoms with Crippen LogP contribution in [0.5, 0.6) is 0 Å². The third-order valence-corrected chi connectivity index (χ3v) is 4.79. The molecule has 2 N–H and O–H groups in total. The van der Waals surface area contributed by atoms with Gasteiger partial charge in [-0.25, -0.2) is 13.1 Å². The summed E-state index contributed by atoms with van der Waals surface area (Å²) in [5, 5.41) is 4.64. The smallest absolute Gasteiger partial charge is 0.208 e. The van der Waals surface area contributed by atoms with Gasteiger partial charge < -0.3 is 9.73 Å². The molecule has 0 aliphatic heterocycles. The Bertz CT molecular complexity index is 750. The molecule has 104 valence electrons. The van der Waals surface area contributed by atoms with E-state index >= 15 is 0 Å². The van der Waals surface area contributed by atoms with Gasteiger partial charge >= 0.3 is 0 Å². The number of nitrogens with one attached hydrogen (secondary N) is 2. The number of hydrogen-bond acceptors (Lipinski definition) is 6. The number of halogens is 1. The maximum absolute atomic E-state index is 11.8. The van der Waals surface area contributed by atoms with E-state index in [9.17, 15) is 13.2 Å². The molecule has 0 radical (unpaired) electrons. The molecule has 0 bridgehead atoms. The fraction of sp³-hybridized carbons (Fsp3) is 0.300. The standard InChI is InChI=1S/C10H11BrN2O4S2/c1-19(15,16)13-3-2-12-8-4-7(14)10-9(17-8)6(11)5-18-10/h4-5,12-13H,2-3H2,1H3. The summed E-state index contributed by atoms with van der Waals surface area (Å²) in [5.41, 5.74) is 0.367. The predicted molar refractivity (Wildman–Crippen MR) is 79.4 cm³/mol. The molecule has 0 atom stereocenters. The number of thiophene rings is 1. The zero-order valence-electron chi connectivity index (χ0n) is 9.90. The van der Waals surface area contributed by atoms with Crippen molar-refractivity contribution in [3.63, 3.8) is 0 Å².